The molecular weight excluding hydrogens is 262 g/mol. The number of hydrogen-bond acceptors (Lipinski definition) is 4. The van der Waals surface area contributed by atoms with Crippen molar-refractivity contribution in [3.63, 3.8) is 0 Å². The lowest BCUT2D eigenvalue weighted by molar-refractivity contribution is 0.399. The molecule has 0 saturated carbocycles. The van der Waals surface area contributed by atoms with Crippen molar-refractivity contribution < 1.29 is 8.42 Å². The normalized spacial score (nSPS) is 20.6. The van der Waals surface area contributed by atoms with E-state index in [4.69, 9.17) is 0 Å². The maximum atomic E-state index is 11.6. The minimum atomic E-state index is -3.34. The van der Waals surface area contributed by atoms with E-state index in [2.05, 4.69) is 22.0 Å². The molecule has 1 heterocycles. The van der Waals surface area contributed by atoms with Crippen molar-refractivity contribution in [2.45, 2.75) is 11.3 Å². The van der Waals surface area contributed by atoms with E-state index in [9.17, 15) is 8.42 Å². The molecule has 5 nitrogen and oxygen atoms in total. The monoisotopic (exact) mass is 283 g/mol. The van der Waals surface area contributed by atoms with Gasteiger partial charge in [0.05, 0.1) is 4.90 Å². The number of rotatable bonds is 5. The van der Waals surface area contributed by atoms with Crippen LogP contribution in [0.5, 0.6) is 0 Å². The molecule has 0 amide bonds. The Labute approximate surface area is 115 Å². The fourth-order valence-corrected chi connectivity index (χ4v) is 3.05. The van der Waals surface area contributed by atoms with E-state index in [1.165, 1.54) is 13.5 Å². The highest BCUT2D eigenvalue weighted by atomic mass is 32.2. The van der Waals surface area contributed by atoms with Gasteiger partial charge in [0.2, 0.25) is 10.0 Å². The predicted octanol–water partition coefficient (Wildman–Crippen LogP) is 0.958. The summed E-state index contributed by atoms with van der Waals surface area (Å²) in [6.45, 7) is 3.22. The third-order valence-corrected chi connectivity index (χ3v) is 4.95. The molecule has 1 atom stereocenters. The average Bonchev–Trinajstić information content (AvgIpc) is 2.83. The zero-order valence-corrected chi connectivity index (χ0v) is 12.2. The van der Waals surface area contributed by atoms with Crippen molar-refractivity contribution in [3.8, 4) is 0 Å². The highest BCUT2D eigenvalue weighted by Gasteiger charge is 2.18. The van der Waals surface area contributed by atoms with Crippen molar-refractivity contribution in [1.29, 1.82) is 0 Å². The van der Waals surface area contributed by atoms with Crippen LogP contribution in [0.15, 0.2) is 29.2 Å². The fourth-order valence-electron chi connectivity index (χ4n) is 2.32. The second-order valence-corrected chi connectivity index (χ2v) is 6.92. The highest BCUT2D eigenvalue weighted by molar-refractivity contribution is 7.89. The van der Waals surface area contributed by atoms with Crippen molar-refractivity contribution in [2.24, 2.45) is 5.92 Å². The minimum absolute atomic E-state index is 0.293. The lowest BCUT2D eigenvalue weighted by Gasteiger charge is -2.13. The summed E-state index contributed by atoms with van der Waals surface area (Å²) in [7, 11) is 0.214. The Bertz CT molecular complexity index is 513. The molecule has 0 aliphatic carbocycles. The number of benzene rings is 1. The van der Waals surface area contributed by atoms with Gasteiger partial charge >= 0.3 is 0 Å². The van der Waals surface area contributed by atoms with Crippen LogP contribution in [0.1, 0.15) is 6.42 Å². The molecular formula is C13H21N3O2S. The third kappa shape index (κ3) is 3.68. The van der Waals surface area contributed by atoms with Crippen LogP contribution in [0.4, 0.5) is 5.69 Å². The number of nitrogens with zero attached hydrogens (tertiary/aromatic N) is 1. The summed E-state index contributed by atoms with van der Waals surface area (Å²) in [5, 5.41) is 3.36. The third-order valence-electron chi connectivity index (χ3n) is 3.52. The molecule has 1 unspecified atom stereocenters. The predicted molar refractivity (Wildman–Crippen MR) is 76.8 cm³/mol. The van der Waals surface area contributed by atoms with Crippen LogP contribution in [0.3, 0.4) is 0 Å². The topological polar surface area (TPSA) is 61.4 Å². The lowest BCUT2D eigenvalue weighted by Crippen LogP contribution is -2.19. The first-order valence-corrected chi connectivity index (χ1v) is 7.95. The Morgan fingerprint density at radius 1 is 1.32 bits per heavy atom. The molecule has 1 aliphatic heterocycles. The molecule has 106 valence electrons. The fraction of sp³-hybridized carbons (Fsp3) is 0.538. The second kappa shape index (κ2) is 5.90. The summed E-state index contributed by atoms with van der Waals surface area (Å²) in [6, 6.07) is 6.86. The molecule has 1 saturated heterocycles. The van der Waals surface area contributed by atoms with E-state index < -0.39 is 10.0 Å². The summed E-state index contributed by atoms with van der Waals surface area (Å²) in [5.74, 6) is 0.672. The maximum absolute atomic E-state index is 11.6. The van der Waals surface area contributed by atoms with Gasteiger partial charge < -0.3 is 10.2 Å². The molecule has 1 aromatic rings. The van der Waals surface area contributed by atoms with Gasteiger partial charge in [-0.1, -0.05) is 0 Å². The average molecular weight is 283 g/mol. The van der Waals surface area contributed by atoms with Crippen LogP contribution in [0.2, 0.25) is 0 Å². The number of sulfonamides is 1. The summed E-state index contributed by atoms with van der Waals surface area (Å²) >= 11 is 0. The molecule has 0 spiro atoms. The highest BCUT2D eigenvalue weighted by Crippen LogP contribution is 2.17. The van der Waals surface area contributed by atoms with E-state index in [1.54, 1.807) is 12.1 Å². The molecule has 0 bridgehead atoms. The van der Waals surface area contributed by atoms with E-state index in [0.29, 0.717) is 10.8 Å². The molecule has 1 aliphatic rings. The summed E-state index contributed by atoms with van der Waals surface area (Å²) < 4.78 is 25.5. The van der Waals surface area contributed by atoms with E-state index in [1.807, 2.05) is 12.1 Å². The molecule has 19 heavy (non-hydrogen) atoms. The van der Waals surface area contributed by atoms with Crippen LogP contribution in [-0.2, 0) is 10.0 Å². The Kier molecular flexibility index (Phi) is 4.44. The number of likely N-dealkylation sites (tertiary alicyclic amines) is 1. The first kappa shape index (κ1) is 14.3. The lowest BCUT2D eigenvalue weighted by atomic mass is 10.1. The van der Waals surface area contributed by atoms with Crippen molar-refractivity contribution in [2.75, 3.05) is 39.0 Å². The Balaban J connectivity index is 1.92. The molecule has 6 heteroatoms. The number of nitrogens with one attached hydrogen (secondary N) is 2. The van der Waals surface area contributed by atoms with Crippen LogP contribution >= 0.6 is 0 Å². The smallest absolute Gasteiger partial charge is 0.240 e. The van der Waals surface area contributed by atoms with Crippen LogP contribution in [0.25, 0.3) is 0 Å². The quantitative estimate of drug-likeness (QED) is 0.845. The van der Waals surface area contributed by atoms with Gasteiger partial charge in [0, 0.05) is 18.8 Å². The van der Waals surface area contributed by atoms with Gasteiger partial charge in [-0.25, -0.2) is 13.1 Å². The van der Waals surface area contributed by atoms with E-state index >= 15 is 0 Å². The van der Waals surface area contributed by atoms with Crippen molar-refractivity contribution in [3.05, 3.63) is 24.3 Å². The second-order valence-electron chi connectivity index (χ2n) is 5.03. The molecule has 2 rings (SSSR count). The van der Waals surface area contributed by atoms with Gasteiger partial charge in [-0.05, 0) is 57.2 Å². The van der Waals surface area contributed by atoms with Crippen molar-refractivity contribution in [1.82, 2.24) is 9.62 Å². The van der Waals surface area contributed by atoms with Crippen LogP contribution in [-0.4, -0.2) is 47.0 Å². The van der Waals surface area contributed by atoms with Crippen LogP contribution in [0, 0.1) is 5.92 Å². The first-order valence-electron chi connectivity index (χ1n) is 6.47. The largest absolute Gasteiger partial charge is 0.385 e. The summed E-state index contributed by atoms with van der Waals surface area (Å²) in [6.07, 6.45) is 1.22. The van der Waals surface area contributed by atoms with Gasteiger partial charge in [-0.2, -0.15) is 0 Å². The van der Waals surface area contributed by atoms with E-state index in [0.717, 1.165) is 25.3 Å². The molecule has 0 aromatic heterocycles. The van der Waals surface area contributed by atoms with Gasteiger partial charge in [0.25, 0.3) is 0 Å². The van der Waals surface area contributed by atoms with Gasteiger partial charge in [0.15, 0.2) is 0 Å². The molecule has 2 N–H and O–H groups in total. The zero-order chi connectivity index (χ0) is 13.9. The van der Waals surface area contributed by atoms with Gasteiger partial charge in [-0.15, -0.1) is 0 Å². The molecule has 0 radical (unpaired) electrons. The SMILES string of the molecule is CNS(=O)(=O)c1ccc(NCC2CCN(C)C2)cc1. The maximum Gasteiger partial charge on any atom is 0.240 e. The first-order chi connectivity index (χ1) is 9.01. The molecule has 1 aromatic carbocycles. The Hall–Kier alpha value is -1.11. The molecule has 1 fully saturated rings. The van der Waals surface area contributed by atoms with Crippen LogP contribution < -0.4 is 10.0 Å². The number of anilines is 1. The minimum Gasteiger partial charge on any atom is -0.385 e. The van der Waals surface area contributed by atoms with Gasteiger partial charge in [-0.3, -0.25) is 0 Å². The van der Waals surface area contributed by atoms with Crippen molar-refractivity contribution >= 4 is 15.7 Å². The van der Waals surface area contributed by atoms with E-state index in [-0.39, 0.29) is 0 Å². The summed E-state index contributed by atoms with van der Waals surface area (Å²) in [5.41, 5.74) is 0.963. The standard InChI is InChI=1S/C13H21N3O2S/c1-14-19(17,18)13-5-3-12(4-6-13)15-9-11-7-8-16(2)10-11/h3-6,11,14-15H,7-10H2,1-2H3. The Morgan fingerprint density at radius 3 is 2.53 bits per heavy atom. The summed E-state index contributed by atoms with van der Waals surface area (Å²) in [4.78, 5) is 2.62. The number of hydrogen-bond donors (Lipinski definition) is 2. The Morgan fingerprint density at radius 2 is 2.00 bits per heavy atom. The zero-order valence-electron chi connectivity index (χ0n) is 11.4. The van der Waals surface area contributed by atoms with Gasteiger partial charge in [0.1, 0.15) is 0 Å².